The van der Waals surface area contributed by atoms with Crippen molar-refractivity contribution < 1.29 is 9.59 Å². The van der Waals surface area contributed by atoms with Gasteiger partial charge < -0.3 is 19.7 Å². The summed E-state index contributed by atoms with van der Waals surface area (Å²) < 4.78 is 0. The minimum absolute atomic E-state index is 0.0177. The first-order valence-electron chi connectivity index (χ1n) is 10.1. The summed E-state index contributed by atoms with van der Waals surface area (Å²) in [6.07, 6.45) is 1.97. The lowest BCUT2D eigenvalue weighted by molar-refractivity contribution is -0.133. The number of amides is 2. The molecule has 148 valence electrons. The molecule has 0 unspecified atom stereocenters. The molecule has 0 radical (unpaired) electrons. The van der Waals surface area contributed by atoms with Gasteiger partial charge >= 0.3 is 0 Å². The molecule has 3 heterocycles. The number of benzene rings is 2. The number of H-pyrrole nitrogens is 1. The average Bonchev–Trinajstić information content (AvgIpc) is 3.28. The predicted molar refractivity (Wildman–Crippen MR) is 112 cm³/mol. The predicted octanol–water partition coefficient (Wildman–Crippen LogP) is 2.49. The Morgan fingerprint density at radius 1 is 1.00 bits per heavy atom. The van der Waals surface area contributed by atoms with Crippen molar-refractivity contribution in [3.05, 3.63) is 71.4 Å². The van der Waals surface area contributed by atoms with Gasteiger partial charge in [0.25, 0.3) is 5.91 Å². The van der Waals surface area contributed by atoms with Crippen LogP contribution in [0.15, 0.2) is 54.7 Å². The van der Waals surface area contributed by atoms with E-state index in [1.54, 1.807) is 4.90 Å². The Hall–Kier alpha value is -3.12. The van der Waals surface area contributed by atoms with Gasteiger partial charge in [0.15, 0.2) is 0 Å². The van der Waals surface area contributed by atoms with Crippen LogP contribution < -0.4 is 0 Å². The van der Waals surface area contributed by atoms with E-state index >= 15 is 0 Å². The molecule has 6 nitrogen and oxygen atoms in total. The Kier molecular flexibility index (Phi) is 4.36. The van der Waals surface area contributed by atoms with Gasteiger partial charge in [-0.05, 0) is 24.7 Å². The molecule has 2 amide bonds. The number of fused-ring (bicyclic) bond motifs is 2. The van der Waals surface area contributed by atoms with Crippen LogP contribution in [-0.4, -0.2) is 71.3 Å². The molecule has 2 aromatic carbocycles. The van der Waals surface area contributed by atoms with E-state index in [4.69, 9.17) is 0 Å². The lowest BCUT2D eigenvalue weighted by Crippen LogP contribution is -2.50. The monoisotopic (exact) mass is 388 g/mol. The number of carbonyl (C=O) groups is 2. The molecule has 1 N–H and O–H groups in total. The molecule has 1 fully saturated rings. The first-order chi connectivity index (χ1) is 14.1. The normalized spacial score (nSPS) is 19.8. The fourth-order valence-electron chi connectivity index (χ4n) is 4.49. The lowest BCUT2D eigenvalue weighted by Gasteiger charge is -2.34. The molecule has 29 heavy (non-hydrogen) atoms. The zero-order valence-corrected chi connectivity index (χ0v) is 16.5. The Bertz CT molecular complexity index is 1080. The average molecular weight is 388 g/mol. The zero-order chi connectivity index (χ0) is 20.0. The Balaban J connectivity index is 1.51. The van der Waals surface area contributed by atoms with Crippen LogP contribution in [0.1, 0.15) is 27.5 Å². The lowest BCUT2D eigenvalue weighted by atomic mass is 9.97. The molecule has 0 saturated carbocycles. The van der Waals surface area contributed by atoms with Gasteiger partial charge in [-0.15, -0.1) is 0 Å². The van der Waals surface area contributed by atoms with E-state index in [1.165, 1.54) is 0 Å². The van der Waals surface area contributed by atoms with Crippen molar-refractivity contribution in [1.29, 1.82) is 0 Å². The molecule has 2 aliphatic heterocycles. The minimum Gasteiger partial charge on any atom is -0.361 e. The van der Waals surface area contributed by atoms with E-state index in [1.807, 2.05) is 53.6 Å². The summed E-state index contributed by atoms with van der Waals surface area (Å²) in [6.45, 7) is 3.25. The van der Waals surface area contributed by atoms with Crippen molar-refractivity contribution in [1.82, 2.24) is 19.7 Å². The molecule has 1 atom stereocenters. The molecule has 1 saturated heterocycles. The van der Waals surface area contributed by atoms with Crippen LogP contribution in [-0.2, 0) is 4.79 Å². The first-order valence-corrected chi connectivity index (χ1v) is 10.1. The van der Waals surface area contributed by atoms with Crippen molar-refractivity contribution >= 4 is 22.7 Å². The summed E-state index contributed by atoms with van der Waals surface area (Å²) in [4.78, 5) is 35.4. The summed E-state index contributed by atoms with van der Waals surface area (Å²) >= 11 is 0. The Labute approximate surface area is 169 Å². The zero-order valence-electron chi connectivity index (χ0n) is 16.5. The van der Waals surface area contributed by atoms with E-state index in [9.17, 15) is 9.59 Å². The highest BCUT2D eigenvalue weighted by atomic mass is 16.2. The van der Waals surface area contributed by atoms with Crippen LogP contribution >= 0.6 is 0 Å². The summed E-state index contributed by atoms with van der Waals surface area (Å²) in [7, 11) is 2.06. The van der Waals surface area contributed by atoms with Crippen LogP contribution in [0.3, 0.4) is 0 Å². The molecule has 0 bridgehead atoms. The summed E-state index contributed by atoms with van der Waals surface area (Å²) in [6, 6.07) is 15.5. The molecule has 0 spiro atoms. The van der Waals surface area contributed by atoms with Gasteiger partial charge in [-0.25, -0.2) is 0 Å². The highest BCUT2D eigenvalue weighted by molar-refractivity contribution is 6.02. The molecular formula is C23H24N4O2. The number of rotatable bonds is 3. The third-order valence-electron chi connectivity index (χ3n) is 6.14. The van der Waals surface area contributed by atoms with Gasteiger partial charge in [-0.2, -0.15) is 0 Å². The molecule has 1 aromatic heterocycles. The first kappa shape index (κ1) is 17.9. The van der Waals surface area contributed by atoms with Crippen LogP contribution in [0, 0.1) is 0 Å². The number of piperazine rings is 1. The van der Waals surface area contributed by atoms with Crippen LogP contribution in [0.4, 0.5) is 0 Å². The van der Waals surface area contributed by atoms with Crippen LogP contribution in [0.2, 0.25) is 0 Å². The summed E-state index contributed by atoms with van der Waals surface area (Å²) in [5.41, 5.74) is 3.72. The van der Waals surface area contributed by atoms with Crippen molar-refractivity contribution in [3.8, 4) is 0 Å². The third-order valence-corrected chi connectivity index (χ3v) is 6.14. The molecular weight excluding hydrogens is 364 g/mol. The number of aromatic nitrogens is 1. The number of hydrogen-bond donors (Lipinski definition) is 1. The second kappa shape index (κ2) is 7.04. The topological polar surface area (TPSA) is 59.6 Å². The van der Waals surface area contributed by atoms with Gasteiger partial charge in [0.2, 0.25) is 5.91 Å². The van der Waals surface area contributed by atoms with Gasteiger partial charge in [0.05, 0.1) is 6.04 Å². The summed E-state index contributed by atoms with van der Waals surface area (Å²) in [5.74, 6) is -0.0533. The second-order valence-electron chi connectivity index (χ2n) is 7.90. The molecule has 6 heteroatoms. The number of carbonyl (C=O) groups excluding carboxylic acids is 2. The molecule has 2 aliphatic rings. The maximum atomic E-state index is 13.2. The third kappa shape index (κ3) is 3.00. The van der Waals surface area contributed by atoms with Gasteiger partial charge in [0, 0.05) is 54.4 Å². The quantitative estimate of drug-likeness (QED) is 0.750. The van der Waals surface area contributed by atoms with Crippen molar-refractivity contribution in [2.24, 2.45) is 0 Å². The maximum absolute atomic E-state index is 13.2. The van der Waals surface area contributed by atoms with E-state index in [0.717, 1.165) is 35.1 Å². The maximum Gasteiger partial charge on any atom is 0.255 e. The van der Waals surface area contributed by atoms with Crippen molar-refractivity contribution in [2.75, 3.05) is 39.8 Å². The summed E-state index contributed by atoms with van der Waals surface area (Å²) in [5, 5.41) is 1.08. The number of nitrogens with zero attached hydrogens (tertiary/aromatic N) is 3. The Morgan fingerprint density at radius 2 is 1.72 bits per heavy atom. The smallest absolute Gasteiger partial charge is 0.255 e. The number of aromatic amines is 1. The number of hydrogen-bond acceptors (Lipinski definition) is 3. The van der Waals surface area contributed by atoms with Crippen molar-refractivity contribution in [2.45, 2.75) is 6.04 Å². The standard InChI is InChI=1S/C23H24N4O2/c1-25-10-12-26(13-11-25)21(28)15-27-22(17-7-2-3-8-18(17)23(27)29)19-14-24-20-9-5-4-6-16(19)20/h2-9,14,22,24H,10-13,15H2,1H3/t22-/m1/s1. The van der Waals surface area contributed by atoms with E-state index < -0.39 is 0 Å². The van der Waals surface area contributed by atoms with Gasteiger partial charge in [-0.1, -0.05) is 36.4 Å². The van der Waals surface area contributed by atoms with Gasteiger partial charge in [0.1, 0.15) is 6.54 Å². The van der Waals surface area contributed by atoms with E-state index in [-0.39, 0.29) is 24.4 Å². The fourth-order valence-corrected chi connectivity index (χ4v) is 4.49. The molecule has 0 aliphatic carbocycles. The van der Waals surface area contributed by atoms with Crippen LogP contribution in [0.25, 0.3) is 10.9 Å². The SMILES string of the molecule is CN1CCN(C(=O)CN2C(=O)c3ccccc3[C@@H]2c2c[nH]c3ccccc23)CC1. The molecule has 5 rings (SSSR count). The fraction of sp³-hybridized carbons (Fsp3) is 0.304. The highest BCUT2D eigenvalue weighted by Crippen LogP contribution is 2.40. The second-order valence-corrected chi connectivity index (χ2v) is 7.90. The largest absolute Gasteiger partial charge is 0.361 e. The van der Waals surface area contributed by atoms with Gasteiger partial charge in [-0.3, -0.25) is 9.59 Å². The molecule has 3 aromatic rings. The Morgan fingerprint density at radius 3 is 2.55 bits per heavy atom. The van der Waals surface area contributed by atoms with E-state index in [0.29, 0.717) is 18.7 Å². The van der Waals surface area contributed by atoms with Crippen LogP contribution in [0.5, 0.6) is 0 Å². The highest BCUT2D eigenvalue weighted by Gasteiger charge is 2.40. The van der Waals surface area contributed by atoms with Crippen molar-refractivity contribution in [3.63, 3.8) is 0 Å². The number of likely N-dealkylation sites (N-methyl/N-ethyl adjacent to an activating group) is 1. The number of para-hydroxylation sites is 1. The van der Waals surface area contributed by atoms with E-state index in [2.05, 4.69) is 23.0 Å². The number of nitrogens with one attached hydrogen (secondary N) is 1. The minimum atomic E-state index is -0.258.